The highest BCUT2D eigenvalue weighted by Gasteiger charge is 2.38. The SMILES string of the molecule is NC(=O)CCC(N)C(=O)NC(CCCN=C(N)N)C(=O)NC(CCC(N)=O)C(=O)N1CCCC1C(=O)O. The first-order chi connectivity index (χ1) is 17.3. The summed E-state index contributed by atoms with van der Waals surface area (Å²) in [5, 5.41) is 14.4. The highest BCUT2D eigenvalue weighted by atomic mass is 16.4. The molecule has 37 heavy (non-hydrogen) atoms. The van der Waals surface area contributed by atoms with Gasteiger partial charge >= 0.3 is 5.97 Å². The van der Waals surface area contributed by atoms with Crippen LogP contribution in [0.15, 0.2) is 4.99 Å². The van der Waals surface area contributed by atoms with Gasteiger partial charge in [0.1, 0.15) is 18.1 Å². The lowest BCUT2D eigenvalue weighted by atomic mass is 10.1. The van der Waals surface area contributed by atoms with Crippen molar-refractivity contribution in [1.29, 1.82) is 0 Å². The third-order valence-electron chi connectivity index (χ3n) is 5.73. The first-order valence-electron chi connectivity index (χ1n) is 11.8. The number of hydrogen-bond donors (Lipinski definition) is 8. The molecule has 0 aromatic carbocycles. The van der Waals surface area contributed by atoms with E-state index in [-0.39, 0.29) is 64.0 Å². The van der Waals surface area contributed by atoms with Gasteiger partial charge in [0.05, 0.1) is 6.04 Å². The van der Waals surface area contributed by atoms with Gasteiger partial charge < -0.3 is 49.3 Å². The summed E-state index contributed by atoms with van der Waals surface area (Å²) in [6.45, 7) is 0.319. The van der Waals surface area contributed by atoms with Gasteiger partial charge in [0.25, 0.3) is 0 Å². The second-order valence-electron chi connectivity index (χ2n) is 8.72. The van der Waals surface area contributed by atoms with Crippen LogP contribution in [-0.4, -0.2) is 88.7 Å². The van der Waals surface area contributed by atoms with Gasteiger partial charge in [0, 0.05) is 25.9 Å². The van der Waals surface area contributed by atoms with Crippen molar-refractivity contribution in [3.63, 3.8) is 0 Å². The minimum absolute atomic E-state index is 0.0469. The summed E-state index contributed by atoms with van der Waals surface area (Å²) in [4.78, 5) is 77.7. The number of carbonyl (C=O) groups excluding carboxylic acids is 5. The molecule has 208 valence electrons. The van der Waals surface area contributed by atoms with Gasteiger partial charge in [-0.25, -0.2) is 4.79 Å². The average Bonchev–Trinajstić information content (AvgIpc) is 3.31. The number of primary amides is 2. The molecule has 0 saturated carbocycles. The highest BCUT2D eigenvalue weighted by Crippen LogP contribution is 2.19. The molecule has 0 aliphatic carbocycles. The second kappa shape index (κ2) is 15.2. The Labute approximate surface area is 213 Å². The molecule has 0 bridgehead atoms. The Bertz CT molecular complexity index is 892. The van der Waals surface area contributed by atoms with Crippen molar-refractivity contribution in [3.05, 3.63) is 0 Å². The maximum atomic E-state index is 13.2. The summed E-state index contributed by atoms with van der Waals surface area (Å²) in [5.74, 6) is -4.88. The molecule has 1 fully saturated rings. The molecule has 16 nitrogen and oxygen atoms in total. The van der Waals surface area contributed by atoms with Gasteiger partial charge in [-0.05, 0) is 38.5 Å². The van der Waals surface area contributed by atoms with E-state index in [2.05, 4.69) is 15.6 Å². The van der Waals surface area contributed by atoms with Crippen LogP contribution in [0, 0.1) is 0 Å². The fourth-order valence-electron chi connectivity index (χ4n) is 3.78. The molecular formula is C21H37N9O7. The quantitative estimate of drug-likeness (QED) is 0.0545. The number of nitrogens with one attached hydrogen (secondary N) is 2. The molecule has 0 aromatic heterocycles. The molecule has 5 amide bonds. The van der Waals surface area contributed by atoms with Crippen LogP contribution in [0.5, 0.6) is 0 Å². The molecule has 0 radical (unpaired) electrons. The Morgan fingerprint density at radius 1 is 0.892 bits per heavy atom. The van der Waals surface area contributed by atoms with Gasteiger partial charge in [-0.15, -0.1) is 0 Å². The fourth-order valence-corrected chi connectivity index (χ4v) is 3.78. The Morgan fingerprint density at radius 3 is 2.05 bits per heavy atom. The molecule has 4 unspecified atom stereocenters. The van der Waals surface area contributed by atoms with Crippen LogP contribution in [0.2, 0.25) is 0 Å². The Hall–Kier alpha value is -3.95. The van der Waals surface area contributed by atoms with Crippen LogP contribution in [0.25, 0.3) is 0 Å². The van der Waals surface area contributed by atoms with Gasteiger partial charge in [0.2, 0.25) is 29.5 Å². The van der Waals surface area contributed by atoms with Gasteiger partial charge in [-0.2, -0.15) is 0 Å². The van der Waals surface area contributed by atoms with Crippen LogP contribution < -0.4 is 39.3 Å². The summed E-state index contributed by atoms with van der Waals surface area (Å²) < 4.78 is 0. The van der Waals surface area contributed by atoms with Crippen molar-refractivity contribution in [3.8, 4) is 0 Å². The number of carbonyl (C=O) groups is 6. The van der Waals surface area contributed by atoms with Crippen molar-refractivity contribution in [2.45, 2.75) is 75.5 Å². The Kier molecular flexibility index (Phi) is 12.8. The Balaban J connectivity index is 3.04. The summed E-state index contributed by atoms with van der Waals surface area (Å²) in [6, 6.07) is -4.63. The van der Waals surface area contributed by atoms with E-state index in [1.165, 1.54) is 0 Å². The lowest BCUT2D eigenvalue weighted by molar-refractivity contribution is -0.149. The highest BCUT2D eigenvalue weighted by molar-refractivity contribution is 5.94. The summed E-state index contributed by atoms with van der Waals surface area (Å²) in [5.41, 5.74) is 26.7. The molecule has 0 spiro atoms. The molecule has 16 heteroatoms. The number of aliphatic imine (C=N–C) groups is 1. The van der Waals surface area contributed by atoms with E-state index in [4.69, 9.17) is 28.7 Å². The predicted octanol–water partition coefficient (Wildman–Crippen LogP) is -4.06. The topological polar surface area (TPSA) is 292 Å². The monoisotopic (exact) mass is 527 g/mol. The predicted molar refractivity (Wildman–Crippen MR) is 131 cm³/mol. The summed E-state index contributed by atoms with van der Waals surface area (Å²) in [7, 11) is 0. The zero-order chi connectivity index (χ0) is 28.1. The smallest absolute Gasteiger partial charge is 0.326 e. The largest absolute Gasteiger partial charge is 0.480 e. The standard InChI is InChI=1S/C21H37N9O7/c22-11(5-7-15(23)31)17(33)28-12(3-1-9-27-21(25)26)18(34)29-13(6-8-16(24)32)19(35)30-10-2-4-14(30)20(36)37/h11-14H,1-10,22H2,(H2,23,31)(H2,24,32)(H,28,33)(H,29,34)(H,36,37)(H4,25,26,27). The van der Waals surface area contributed by atoms with Crippen molar-refractivity contribution >= 4 is 41.5 Å². The fraction of sp³-hybridized carbons (Fsp3) is 0.667. The molecule has 0 aromatic rings. The van der Waals surface area contributed by atoms with E-state index in [0.717, 1.165) is 4.90 Å². The lowest BCUT2D eigenvalue weighted by Crippen LogP contribution is -2.57. The van der Waals surface area contributed by atoms with E-state index in [0.29, 0.717) is 6.42 Å². The Morgan fingerprint density at radius 2 is 1.49 bits per heavy atom. The molecule has 1 aliphatic rings. The number of carboxylic acid groups (broad SMARTS) is 1. The third kappa shape index (κ3) is 11.1. The molecular weight excluding hydrogens is 490 g/mol. The van der Waals surface area contributed by atoms with Crippen LogP contribution >= 0.6 is 0 Å². The van der Waals surface area contributed by atoms with Crippen molar-refractivity contribution < 1.29 is 33.9 Å². The molecule has 1 aliphatic heterocycles. The number of guanidine groups is 1. The van der Waals surface area contributed by atoms with E-state index < -0.39 is 59.7 Å². The molecule has 4 atom stereocenters. The van der Waals surface area contributed by atoms with Crippen LogP contribution in [0.1, 0.15) is 51.4 Å². The normalized spacial score (nSPS) is 17.2. The molecule has 1 rings (SSSR count). The average molecular weight is 528 g/mol. The van der Waals surface area contributed by atoms with Gasteiger partial charge in [0.15, 0.2) is 5.96 Å². The number of nitrogens with two attached hydrogens (primary N) is 5. The van der Waals surface area contributed by atoms with Crippen LogP contribution in [-0.2, 0) is 28.8 Å². The number of nitrogens with zero attached hydrogens (tertiary/aromatic N) is 2. The second-order valence-corrected chi connectivity index (χ2v) is 8.72. The number of aliphatic carboxylic acids is 1. The molecule has 1 heterocycles. The summed E-state index contributed by atoms with van der Waals surface area (Å²) >= 11 is 0. The van der Waals surface area contributed by atoms with Crippen molar-refractivity contribution in [2.24, 2.45) is 33.7 Å². The lowest BCUT2D eigenvalue weighted by Gasteiger charge is -2.29. The zero-order valence-electron chi connectivity index (χ0n) is 20.6. The first kappa shape index (κ1) is 31.1. The number of carboxylic acids is 1. The van der Waals surface area contributed by atoms with E-state index >= 15 is 0 Å². The van der Waals surface area contributed by atoms with Crippen molar-refractivity contribution in [2.75, 3.05) is 13.1 Å². The molecule has 13 N–H and O–H groups in total. The van der Waals surface area contributed by atoms with E-state index in [1.807, 2.05) is 0 Å². The van der Waals surface area contributed by atoms with Gasteiger partial charge in [-0.1, -0.05) is 0 Å². The number of hydrogen-bond acceptors (Lipinski definition) is 8. The van der Waals surface area contributed by atoms with E-state index in [9.17, 15) is 33.9 Å². The molecule has 1 saturated heterocycles. The minimum Gasteiger partial charge on any atom is -0.480 e. The van der Waals surface area contributed by atoms with Gasteiger partial charge in [-0.3, -0.25) is 29.0 Å². The minimum atomic E-state index is -1.26. The number of rotatable bonds is 16. The summed E-state index contributed by atoms with van der Waals surface area (Å²) in [6.07, 6.45) is 0.428. The van der Waals surface area contributed by atoms with Crippen LogP contribution in [0.3, 0.4) is 0 Å². The van der Waals surface area contributed by atoms with E-state index in [1.54, 1.807) is 0 Å². The first-order valence-corrected chi connectivity index (χ1v) is 11.8. The van der Waals surface area contributed by atoms with Crippen LogP contribution in [0.4, 0.5) is 0 Å². The number of amides is 5. The third-order valence-corrected chi connectivity index (χ3v) is 5.73. The maximum Gasteiger partial charge on any atom is 0.326 e. The number of likely N-dealkylation sites (tertiary alicyclic amines) is 1. The maximum absolute atomic E-state index is 13.2. The zero-order valence-corrected chi connectivity index (χ0v) is 20.6. The van der Waals surface area contributed by atoms with Crippen molar-refractivity contribution in [1.82, 2.24) is 15.5 Å².